The third-order valence-electron chi connectivity index (χ3n) is 13.2. The molecule has 0 aliphatic carbocycles. The minimum atomic E-state index is -4.65. The van der Waals surface area contributed by atoms with Crippen LogP contribution < -0.4 is 4.89 Å². The molecule has 2 unspecified atom stereocenters. The summed E-state index contributed by atoms with van der Waals surface area (Å²) in [5.41, 5.74) is 0. The summed E-state index contributed by atoms with van der Waals surface area (Å²) in [7, 11) is 1.14. The molecule has 0 aliphatic rings. The average Bonchev–Trinajstić information content (AvgIpc) is 3.42. The molecule has 0 amide bonds. The lowest BCUT2D eigenvalue weighted by atomic mass is 10.0. The van der Waals surface area contributed by atoms with Crippen LogP contribution in [-0.2, 0) is 32.7 Å². The Bertz CT molecular complexity index is 1810. The Morgan fingerprint density at radius 3 is 1.00 bits per heavy atom. The van der Waals surface area contributed by atoms with Gasteiger partial charge in [-0.3, -0.25) is 14.2 Å². The first-order valence-electron chi connectivity index (χ1n) is 31.9. The third-order valence-corrected chi connectivity index (χ3v) is 14.1. The van der Waals surface area contributed by atoms with Crippen LogP contribution in [0.2, 0.25) is 0 Å². The Morgan fingerprint density at radius 2 is 0.675 bits per heavy atom. The van der Waals surface area contributed by atoms with Crippen LogP contribution >= 0.6 is 7.82 Å². The van der Waals surface area contributed by atoms with Gasteiger partial charge in [-0.1, -0.05) is 257 Å². The van der Waals surface area contributed by atoms with Gasteiger partial charge in [-0.05, 0) is 109 Å². The van der Waals surface area contributed by atoms with Gasteiger partial charge in [0.05, 0.1) is 27.7 Å². The van der Waals surface area contributed by atoms with Crippen molar-refractivity contribution in [2.75, 3.05) is 47.5 Å². The van der Waals surface area contributed by atoms with Gasteiger partial charge in [0.15, 0.2) is 6.10 Å². The van der Waals surface area contributed by atoms with Crippen LogP contribution in [0.25, 0.3) is 0 Å². The lowest BCUT2D eigenvalue weighted by Gasteiger charge is -2.28. The van der Waals surface area contributed by atoms with Crippen molar-refractivity contribution >= 4 is 19.8 Å². The van der Waals surface area contributed by atoms with Crippen molar-refractivity contribution in [3.8, 4) is 0 Å². The van der Waals surface area contributed by atoms with E-state index in [-0.39, 0.29) is 26.1 Å². The maximum atomic E-state index is 12.8. The highest BCUT2D eigenvalue weighted by molar-refractivity contribution is 7.45. The van der Waals surface area contributed by atoms with Crippen LogP contribution in [0.4, 0.5) is 0 Å². The molecule has 2 atom stereocenters. The first-order chi connectivity index (χ1) is 39.0. The zero-order valence-electron chi connectivity index (χ0n) is 51.7. The topological polar surface area (TPSA) is 111 Å². The number of esters is 2. The number of carbonyl (C=O) groups excluding carboxylic acids is 2. The SMILES string of the molecule is CC/C=C\C/C=C\C/C=C\C/C=C\C/C=C\C/C=C\C/C=C\CCCCCCCCCCCCCCCCCC(=O)OC(COC(=O)CCCCCCCC/C=C\C/C=C\C/C=C\C/C=C\CC)COP(=O)([O-])OCC[N+](C)(C)C. The molecule has 0 fully saturated rings. The number of carbonyl (C=O) groups is 2. The molecule has 456 valence electrons. The molecule has 0 rings (SSSR count). The fourth-order valence-corrected chi connectivity index (χ4v) is 9.06. The Morgan fingerprint density at radius 1 is 0.388 bits per heavy atom. The normalized spacial score (nSPS) is 14.1. The molecule has 0 aromatic carbocycles. The predicted molar refractivity (Wildman–Crippen MR) is 341 cm³/mol. The molecule has 0 aromatic heterocycles. The number of hydrogen-bond acceptors (Lipinski definition) is 8. The summed E-state index contributed by atoms with van der Waals surface area (Å²) in [5.74, 6) is -0.854. The molecular formula is C70H118NO8P. The average molecular weight is 1130 g/mol. The van der Waals surface area contributed by atoms with Gasteiger partial charge in [0.2, 0.25) is 0 Å². The number of quaternary nitrogens is 1. The molecule has 10 heteroatoms. The molecule has 0 N–H and O–H groups in total. The van der Waals surface area contributed by atoms with E-state index in [0.29, 0.717) is 23.9 Å². The van der Waals surface area contributed by atoms with Crippen molar-refractivity contribution < 1.29 is 42.1 Å². The van der Waals surface area contributed by atoms with Crippen LogP contribution in [0.1, 0.15) is 245 Å². The molecule has 0 heterocycles. The smallest absolute Gasteiger partial charge is 0.306 e. The van der Waals surface area contributed by atoms with E-state index in [2.05, 4.69) is 148 Å². The Hall–Kier alpha value is -3.85. The number of phosphoric acid groups is 1. The molecule has 0 saturated heterocycles. The molecule has 0 spiro atoms. The maximum absolute atomic E-state index is 12.8. The third kappa shape index (κ3) is 63.3. The molecular weight excluding hydrogens is 1010 g/mol. The second kappa shape index (κ2) is 59.8. The molecule has 0 bridgehead atoms. The predicted octanol–water partition coefficient (Wildman–Crippen LogP) is 19.9. The summed E-state index contributed by atoms with van der Waals surface area (Å²) in [6.07, 6.45) is 86.6. The molecule has 0 aromatic rings. The zero-order valence-corrected chi connectivity index (χ0v) is 52.6. The first kappa shape index (κ1) is 76.1. The molecule has 0 saturated carbocycles. The highest BCUT2D eigenvalue weighted by Crippen LogP contribution is 2.38. The van der Waals surface area contributed by atoms with Gasteiger partial charge in [-0.2, -0.15) is 0 Å². The van der Waals surface area contributed by atoms with Crippen molar-refractivity contribution in [2.45, 2.75) is 251 Å². The highest BCUT2D eigenvalue weighted by atomic mass is 31.2. The van der Waals surface area contributed by atoms with E-state index in [1.807, 2.05) is 21.1 Å². The minimum absolute atomic E-state index is 0.0390. The first-order valence-corrected chi connectivity index (χ1v) is 33.4. The van der Waals surface area contributed by atoms with E-state index in [1.165, 1.54) is 77.0 Å². The summed E-state index contributed by atoms with van der Waals surface area (Å²) in [6, 6.07) is 0. The highest BCUT2D eigenvalue weighted by Gasteiger charge is 2.22. The van der Waals surface area contributed by atoms with E-state index < -0.39 is 32.5 Å². The summed E-state index contributed by atoms with van der Waals surface area (Å²) in [4.78, 5) is 37.9. The van der Waals surface area contributed by atoms with E-state index in [9.17, 15) is 19.0 Å². The number of hydrogen-bond donors (Lipinski definition) is 0. The fraction of sp³-hybridized carbons (Fsp3) is 0.657. The van der Waals surface area contributed by atoms with Gasteiger partial charge < -0.3 is 27.9 Å². The lowest BCUT2D eigenvalue weighted by molar-refractivity contribution is -0.870. The number of rotatable bonds is 57. The summed E-state index contributed by atoms with van der Waals surface area (Å²) >= 11 is 0. The van der Waals surface area contributed by atoms with Crippen molar-refractivity contribution in [3.63, 3.8) is 0 Å². The van der Waals surface area contributed by atoms with Crippen molar-refractivity contribution in [1.82, 2.24) is 0 Å². The van der Waals surface area contributed by atoms with Crippen LogP contribution in [-0.4, -0.2) is 70.0 Å². The van der Waals surface area contributed by atoms with Gasteiger partial charge in [-0.15, -0.1) is 0 Å². The molecule has 80 heavy (non-hydrogen) atoms. The lowest BCUT2D eigenvalue weighted by Crippen LogP contribution is -2.37. The van der Waals surface area contributed by atoms with E-state index >= 15 is 0 Å². The second-order valence-electron chi connectivity index (χ2n) is 22.0. The summed E-state index contributed by atoms with van der Waals surface area (Å²) < 4.78 is 34.2. The number of ether oxygens (including phenoxy) is 2. The second-order valence-corrected chi connectivity index (χ2v) is 23.4. The Balaban J connectivity index is 4.08. The molecule has 0 aliphatic heterocycles. The number of nitrogens with zero attached hydrogens (tertiary/aromatic N) is 1. The summed E-state index contributed by atoms with van der Waals surface area (Å²) in [6.45, 7) is 3.99. The van der Waals surface area contributed by atoms with E-state index in [0.717, 1.165) is 128 Å². The van der Waals surface area contributed by atoms with Crippen LogP contribution in [0.5, 0.6) is 0 Å². The molecule has 9 nitrogen and oxygen atoms in total. The Kier molecular flexibility index (Phi) is 56.9. The minimum Gasteiger partial charge on any atom is -0.756 e. The summed E-state index contributed by atoms with van der Waals surface area (Å²) in [5, 5.41) is 0. The van der Waals surface area contributed by atoms with Crippen molar-refractivity contribution in [1.29, 1.82) is 0 Å². The largest absolute Gasteiger partial charge is 0.756 e. The standard InChI is InChI=1S/C70H118NO8P/c1-6-8-10-12-14-16-18-20-22-24-26-27-28-29-30-31-32-33-34-35-36-37-38-39-40-41-42-43-45-47-49-51-53-55-57-59-61-63-70(73)79-68(67-78-80(74,75)77-65-64-71(3,4)5)66-76-69(72)62-60-58-56-54-52-50-48-46-44-25-23-21-19-17-15-13-11-9-7-2/h8-11,14-17,20-23,26-27,29-30,32-33,35-36,44,46,68H,6-7,12-13,18-19,24-25,28,31,34,37-43,45,47-67H2,1-5H3/b10-8-,11-9-,16-14-,17-15-,22-20-,23-21-,27-26-,30-29-,33-32-,36-35-,46-44-. The van der Waals surface area contributed by atoms with Crippen molar-refractivity contribution in [2.24, 2.45) is 0 Å². The van der Waals surface area contributed by atoms with Crippen LogP contribution in [0, 0.1) is 0 Å². The van der Waals surface area contributed by atoms with Gasteiger partial charge in [0.25, 0.3) is 7.82 Å². The fourth-order valence-electron chi connectivity index (χ4n) is 8.33. The van der Waals surface area contributed by atoms with Gasteiger partial charge >= 0.3 is 11.9 Å². The van der Waals surface area contributed by atoms with Crippen LogP contribution in [0.3, 0.4) is 0 Å². The van der Waals surface area contributed by atoms with Crippen molar-refractivity contribution in [3.05, 3.63) is 134 Å². The van der Waals surface area contributed by atoms with Gasteiger partial charge in [0, 0.05) is 12.8 Å². The molecule has 0 radical (unpaired) electrons. The van der Waals surface area contributed by atoms with Crippen LogP contribution in [0.15, 0.2) is 134 Å². The number of allylic oxidation sites excluding steroid dienone is 22. The number of likely N-dealkylation sites (N-methyl/N-ethyl adjacent to an activating group) is 1. The Labute approximate surface area is 491 Å². The number of phosphoric ester groups is 1. The maximum Gasteiger partial charge on any atom is 0.306 e. The van der Waals surface area contributed by atoms with E-state index in [1.54, 1.807) is 0 Å². The number of unbranched alkanes of at least 4 members (excludes halogenated alkanes) is 21. The monoisotopic (exact) mass is 1130 g/mol. The quantitative estimate of drug-likeness (QED) is 0.0195. The van der Waals surface area contributed by atoms with E-state index in [4.69, 9.17) is 18.5 Å². The van der Waals surface area contributed by atoms with Gasteiger partial charge in [0.1, 0.15) is 19.8 Å². The van der Waals surface area contributed by atoms with Gasteiger partial charge in [-0.25, -0.2) is 0 Å². The zero-order chi connectivity index (χ0) is 58.4.